The van der Waals surface area contributed by atoms with E-state index in [9.17, 15) is 22.4 Å². The molecule has 2 amide bonds. The van der Waals surface area contributed by atoms with E-state index in [2.05, 4.69) is 5.32 Å². The average Bonchev–Trinajstić information content (AvgIpc) is 2.96. The van der Waals surface area contributed by atoms with Gasteiger partial charge in [-0.25, -0.2) is 12.8 Å². The quantitative estimate of drug-likeness (QED) is 0.734. The minimum absolute atomic E-state index is 0.0580. The molecule has 1 aliphatic rings. The number of morpholine rings is 1. The van der Waals surface area contributed by atoms with Crippen molar-refractivity contribution in [3.05, 3.63) is 45.6 Å². The largest absolute Gasteiger partial charge is 0.379 e. The molecular formula is C18H20FN3O5S2. The third kappa shape index (κ3) is 4.17. The molecule has 0 unspecified atom stereocenters. The van der Waals surface area contributed by atoms with Crippen molar-refractivity contribution in [2.24, 2.45) is 5.73 Å². The van der Waals surface area contributed by atoms with Crippen LogP contribution in [0.2, 0.25) is 0 Å². The highest BCUT2D eigenvalue weighted by atomic mass is 32.2. The monoisotopic (exact) mass is 441 g/mol. The molecule has 3 N–H and O–H groups in total. The maximum Gasteiger partial charge on any atom is 0.256 e. The van der Waals surface area contributed by atoms with Gasteiger partial charge in [-0.2, -0.15) is 4.31 Å². The lowest BCUT2D eigenvalue weighted by atomic mass is 10.1. The molecule has 0 atom stereocenters. The number of hydrogen-bond donors (Lipinski definition) is 2. The molecule has 0 radical (unpaired) electrons. The summed E-state index contributed by atoms with van der Waals surface area (Å²) in [6, 6.07) is 3.11. The number of benzene rings is 1. The van der Waals surface area contributed by atoms with Gasteiger partial charge in [-0.05, 0) is 37.6 Å². The Morgan fingerprint density at radius 1 is 1.24 bits per heavy atom. The molecule has 0 spiro atoms. The van der Waals surface area contributed by atoms with Crippen LogP contribution in [0.1, 0.15) is 31.2 Å². The zero-order valence-electron chi connectivity index (χ0n) is 15.8. The lowest BCUT2D eigenvalue weighted by molar-refractivity contribution is 0.0729. The Bertz CT molecular complexity index is 1080. The Balaban J connectivity index is 1.93. The molecule has 2 aromatic rings. The van der Waals surface area contributed by atoms with E-state index in [1.165, 1.54) is 17.4 Å². The van der Waals surface area contributed by atoms with E-state index in [1.54, 1.807) is 13.8 Å². The van der Waals surface area contributed by atoms with Crippen LogP contribution in [0, 0.1) is 19.7 Å². The number of nitrogens with two attached hydrogens (primary N) is 1. The Hall–Kier alpha value is -2.34. The topological polar surface area (TPSA) is 119 Å². The Kier molecular flexibility index (Phi) is 6.03. The van der Waals surface area contributed by atoms with Crippen LogP contribution in [-0.4, -0.2) is 50.8 Å². The van der Waals surface area contributed by atoms with Gasteiger partial charge in [0.25, 0.3) is 11.8 Å². The second kappa shape index (κ2) is 8.19. The fourth-order valence-corrected chi connectivity index (χ4v) is 5.51. The number of sulfonamides is 1. The number of carbonyl (C=O) groups is 2. The van der Waals surface area contributed by atoms with Crippen molar-refractivity contribution in [3.8, 4) is 0 Å². The van der Waals surface area contributed by atoms with Crippen LogP contribution in [-0.2, 0) is 14.8 Å². The van der Waals surface area contributed by atoms with Gasteiger partial charge in [0.15, 0.2) is 0 Å². The van der Waals surface area contributed by atoms with Gasteiger partial charge in [-0.15, -0.1) is 11.3 Å². The highest BCUT2D eigenvalue weighted by molar-refractivity contribution is 7.89. The van der Waals surface area contributed by atoms with E-state index in [0.29, 0.717) is 5.56 Å². The van der Waals surface area contributed by atoms with Gasteiger partial charge in [-0.3, -0.25) is 9.59 Å². The summed E-state index contributed by atoms with van der Waals surface area (Å²) in [5, 5.41) is 2.84. The second-order valence-electron chi connectivity index (χ2n) is 6.47. The second-order valence-corrected chi connectivity index (χ2v) is 9.60. The lowest BCUT2D eigenvalue weighted by Gasteiger charge is -2.26. The zero-order valence-corrected chi connectivity index (χ0v) is 17.5. The van der Waals surface area contributed by atoms with Crippen molar-refractivity contribution in [2.75, 3.05) is 31.6 Å². The lowest BCUT2D eigenvalue weighted by Crippen LogP contribution is -2.41. The number of halogens is 1. The first kappa shape index (κ1) is 21.4. The molecule has 8 nitrogen and oxygen atoms in total. The van der Waals surface area contributed by atoms with Gasteiger partial charge >= 0.3 is 0 Å². The van der Waals surface area contributed by atoms with E-state index in [-0.39, 0.29) is 42.4 Å². The molecule has 11 heteroatoms. The fraction of sp³-hybridized carbons (Fsp3) is 0.333. The number of aryl methyl sites for hydroxylation is 1. The van der Waals surface area contributed by atoms with Crippen molar-refractivity contribution in [2.45, 2.75) is 18.7 Å². The molecule has 156 valence electrons. The first-order valence-electron chi connectivity index (χ1n) is 8.71. The highest BCUT2D eigenvalue weighted by Gasteiger charge is 2.30. The van der Waals surface area contributed by atoms with Crippen LogP contribution < -0.4 is 11.1 Å². The predicted molar refractivity (Wildman–Crippen MR) is 106 cm³/mol. The maximum absolute atomic E-state index is 14.3. The van der Waals surface area contributed by atoms with Crippen LogP contribution in [0.25, 0.3) is 0 Å². The molecule has 29 heavy (non-hydrogen) atoms. The minimum Gasteiger partial charge on any atom is -0.379 e. The molecule has 0 saturated carbocycles. The summed E-state index contributed by atoms with van der Waals surface area (Å²) in [6.07, 6.45) is 0. The number of amides is 2. The van der Waals surface area contributed by atoms with Crippen molar-refractivity contribution < 1.29 is 27.1 Å². The summed E-state index contributed by atoms with van der Waals surface area (Å²) in [7, 11) is -4.12. The van der Waals surface area contributed by atoms with Crippen molar-refractivity contribution in [1.82, 2.24) is 4.31 Å². The normalized spacial score (nSPS) is 15.3. The van der Waals surface area contributed by atoms with Gasteiger partial charge in [-0.1, -0.05) is 0 Å². The van der Waals surface area contributed by atoms with Crippen LogP contribution in [0.15, 0.2) is 23.1 Å². The summed E-state index contributed by atoms with van der Waals surface area (Å²) < 4.78 is 46.1. The van der Waals surface area contributed by atoms with Gasteiger partial charge < -0.3 is 15.8 Å². The summed E-state index contributed by atoms with van der Waals surface area (Å²) in [5.74, 6) is -2.31. The van der Waals surface area contributed by atoms with Crippen molar-refractivity contribution in [3.63, 3.8) is 0 Å². The SMILES string of the molecule is Cc1sc(NC(=O)c2ccc(F)c(S(=O)(=O)N3CCOCC3)c2)c(C(N)=O)c1C. The third-order valence-electron chi connectivity index (χ3n) is 4.64. The van der Waals surface area contributed by atoms with Gasteiger partial charge in [0, 0.05) is 23.5 Å². The Morgan fingerprint density at radius 3 is 2.52 bits per heavy atom. The summed E-state index contributed by atoms with van der Waals surface area (Å²) >= 11 is 1.18. The van der Waals surface area contributed by atoms with Crippen LogP contribution in [0.5, 0.6) is 0 Å². The number of carbonyl (C=O) groups excluding carboxylic acids is 2. The number of ether oxygens (including phenoxy) is 1. The predicted octanol–water partition coefficient (Wildman–Crippen LogP) is 1.88. The van der Waals surface area contributed by atoms with Crippen molar-refractivity contribution >= 4 is 38.2 Å². The number of nitrogens with one attached hydrogen (secondary N) is 1. The van der Waals surface area contributed by atoms with E-state index >= 15 is 0 Å². The summed E-state index contributed by atoms with van der Waals surface area (Å²) in [6.45, 7) is 4.14. The maximum atomic E-state index is 14.3. The molecule has 1 aromatic heterocycles. The number of primary amides is 1. The van der Waals surface area contributed by atoms with Gasteiger partial charge in [0.05, 0.1) is 18.8 Å². The number of anilines is 1. The van der Waals surface area contributed by atoms with Crippen molar-refractivity contribution in [1.29, 1.82) is 0 Å². The number of rotatable bonds is 5. The first-order chi connectivity index (χ1) is 13.6. The standard InChI is InChI=1S/C18H20FN3O5S2/c1-10-11(2)28-18(15(10)16(20)23)21-17(24)12-3-4-13(19)14(9-12)29(25,26)22-5-7-27-8-6-22/h3-4,9H,5-8H2,1-2H3,(H2,20,23)(H,21,24). The molecule has 2 heterocycles. The average molecular weight is 442 g/mol. The van der Waals surface area contributed by atoms with Gasteiger partial charge in [0.1, 0.15) is 15.7 Å². The highest BCUT2D eigenvalue weighted by Crippen LogP contribution is 2.32. The van der Waals surface area contributed by atoms with E-state index in [4.69, 9.17) is 10.5 Å². The first-order valence-corrected chi connectivity index (χ1v) is 11.0. The molecular weight excluding hydrogens is 421 g/mol. The summed E-state index contributed by atoms with van der Waals surface area (Å²) in [4.78, 5) is 24.6. The minimum atomic E-state index is -4.12. The fourth-order valence-electron chi connectivity index (χ4n) is 2.96. The zero-order chi connectivity index (χ0) is 21.3. The molecule has 1 saturated heterocycles. The van der Waals surface area contributed by atoms with Crippen LogP contribution in [0.3, 0.4) is 0 Å². The molecule has 0 aliphatic carbocycles. The molecule has 1 fully saturated rings. The van der Waals surface area contributed by atoms with E-state index in [1.807, 2.05) is 0 Å². The Labute approximate surface area is 171 Å². The van der Waals surface area contributed by atoms with Gasteiger partial charge in [0.2, 0.25) is 10.0 Å². The van der Waals surface area contributed by atoms with Crippen LogP contribution in [0.4, 0.5) is 9.39 Å². The number of thiophene rings is 1. The molecule has 1 aliphatic heterocycles. The van der Waals surface area contributed by atoms with Crippen LogP contribution >= 0.6 is 11.3 Å². The third-order valence-corrected chi connectivity index (χ3v) is 7.68. The molecule has 0 bridgehead atoms. The number of nitrogens with zero attached hydrogens (tertiary/aromatic N) is 1. The molecule has 1 aromatic carbocycles. The summed E-state index contributed by atoms with van der Waals surface area (Å²) in [5.41, 5.74) is 6.20. The number of hydrogen-bond acceptors (Lipinski definition) is 6. The van der Waals surface area contributed by atoms with E-state index in [0.717, 1.165) is 21.3 Å². The smallest absolute Gasteiger partial charge is 0.256 e. The molecule has 3 rings (SSSR count). The van der Waals surface area contributed by atoms with E-state index < -0.39 is 32.6 Å². The Morgan fingerprint density at radius 2 is 1.90 bits per heavy atom.